The number of aromatic nitrogens is 8. The van der Waals surface area contributed by atoms with Crippen molar-refractivity contribution in [1.82, 2.24) is 19.9 Å². The smallest absolute Gasteiger partial charge is 0.227 e. The molecule has 0 radical (unpaired) electrons. The molecule has 16 rings (SSSR count). The minimum absolute atomic E-state index is 0.378. The van der Waals surface area contributed by atoms with Crippen molar-refractivity contribution in [3.05, 3.63) is 238 Å². The maximum absolute atomic E-state index is 8.87. The molecule has 0 saturated carbocycles. The number of nitrogens with zero attached hydrogens (tertiary/aromatic N) is 8. The van der Waals surface area contributed by atoms with Crippen molar-refractivity contribution >= 4 is 88.3 Å². The fourth-order valence-corrected chi connectivity index (χ4v) is 16.5. The van der Waals surface area contributed by atoms with E-state index in [1.807, 2.05) is 33.0 Å². The Hall–Kier alpha value is -10.7. The first-order valence-corrected chi connectivity index (χ1v) is 40.7. The van der Waals surface area contributed by atoms with Crippen LogP contribution in [0.2, 0.25) is 0 Å². The van der Waals surface area contributed by atoms with Crippen molar-refractivity contribution in [2.24, 2.45) is 28.2 Å². The third-order valence-corrected chi connectivity index (χ3v) is 23.5. The van der Waals surface area contributed by atoms with Crippen molar-refractivity contribution in [2.75, 3.05) is 0 Å². The molecule has 111 heavy (non-hydrogen) atoms. The van der Waals surface area contributed by atoms with Crippen molar-refractivity contribution in [1.29, 1.82) is 0 Å². The van der Waals surface area contributed by atoms with Crippen LogP contribution in [0.15, 0.2) is 188 Å². The predicted molar refractivity (Wildman–Crippen MR) is 458 cm³/mol. The van der Waals surface area contributed by atoms with E-state index < -0.39 is 5.89 Å². The van der Waals surface area contributed by atoms with E-state index in [1.54, 1.807) is 0 Å². The zero-order valence-electron chi connectivity index (χ0n) is 70.5. The highest BCUT2D eigenvalue weighted by atomic mass is 16.4. The van der Waals surface area contributed by atoms with Gasteiger partial charge in [-0.05, 0) is 222 Å². The van der Waals surface area contributed by atoms with Gasteiger partial charge in [-0.2, -0.15) is 0 Å². The lowest BCUT2D eigenvalue weighted by atomic mass is 9.92. The monoisotopic (exact) mass is 1480 g/mol. The lowest BCUT2D eigenvalue weighted by Gasteiger charge is -2.13. The van der Waals surface area contributed by atoms with E-state index >= 15 is 0 Å². The zero-order chi connectivity index (χ0) is 79.7. The molecule has 0 unspecified atom stereocenters. The van der Waals surface area contributed by atoms with Gasteiger partial charge < -0.3 is 17.7 Å². The number of rotatable bonds is 18. The first-order valence-electron chi connectivity index (χ1n) is 41.2. The molecular formula is C99H114N8O4+4. The summed E-state index contributed by atoms with van der Waals surface area (Å²) in [4.78, 5) is 18.7. The van der Waals surface area contributed by atoms with Gasteiger partial charge in [-0.3, -0.25) is 0 Å². The van der Waals surface area contributed by atoms with Gasteiger partial charge in [0.15, 0.2) is 47.1 Å². The van der Waals surface area contributed by atoms with E-state index in [0.717, 1.165) is 186 Å². The van der Waals surface area contributed by atoms with Crippen LogP contribution < -0.4 is 18.3 Å². The number of pyridine rings is 8. The molecule has 12 nitrogen and oxygen atoms in total. The molecule has 12 heteroatoms. The lowest BCUT2D eigenvalue weighted by molar-refractivity contribution is -0.660. The number of hydrogen-bond donors (Lipinski definition) is 0. The minimum Gasteiger partial charge on any atom is -0.437 e. The van der Waals surface area contributed by atoms with Crippen LogP contribution in [0.3, 0.4) is 0 Å². The summed E-state index contributed by atoms with van der Waals surface area (Å²) in [6.45, 7) is 36.8. The number of hydrogen-bond acceptors (Lipinski definition) is 8. The van der Waals surface area contributed by atoms with Gasteiger partial charge in [-0.1, -0.05) is 125 Å². The van der Waals surface area contributed by atoms with Gasteiger partial charge in [0.1, 0.15) is 28.2 Å². The highest BCUT2D eigenvalue weighted by Gasteiger charge is 2.29. The first kappa shape index (κ1) is 77.0. The molecule has 16 aromatic rings. The Labute approximate surface area is 657 Å². The third kappa shape index (κ3) is 15.4. The highest BCUT2D eigenvalue weighted by Crippen LogP contribution is 2.43. The number of furan rings is 4. The Bertz CT molecular complexity index is 6160. The van der Waals surface area contributed by atoms with Gasteiger partial charge in [-0.25, -0.2) is 38.2 Å². The summed E-state index contributed by atoms with van der Waals surface area (Å²) in [5, 5.41) is 8.78. The molecule has 0 bridgehead atoms. The Morgan fingerprint density at radius 2 is 0.595 bits per heavy atom. The van der Waals surface area contributed by atoms with Gasteiger partial charge in [0.2, 0.25) is 45.6 Å². The van der Waals surface area contributed by atoms with Gasteiger partial charge in [0.05, 0.1) is 22.3 Å². The van der Waals surface area contributed by atoms with E-state index in [-0.39, 0.29) is 0 Å². The molecule has 0 atom stereocenters. The molecule has 0 spiro atoms. The van der Waals surface area contributed by atoms with Crippen molar-refractivity contribution in [3.8, 4) is 45.0 Å². The molecule has 4 aromatic carbocycles. The van der Waals surface area contributed by atoms with Crippen molar-refractivity contribution in [2.45, 2.75) is 205 Å². The standard InChI is InChI=1S/C26H31N2O.C25H29N2O.2C24H27N2O/c1-7-18(8-2)19-13-14-28(6)23(15-19)24-17(5)9-10-20-21-11-12-22(16(3)4)27-26(21)29-25(20)24;1-6-17(7-2)18-13-14-27(5)22(15-18)23-16(4)9-11-20-21-12-10-19(8-3)26-25(21)28-24(20)23;2*1-6-17(7-2)18-12-13-26(5)21(14-18)22-15(3)8-10-19-20-11-9-16(4)25-24(20)27-23(19)22/h9-16,18H,7-8H2,1-6H3;9-15,17H,6-8H2,1-5H3;2*8-14,17H,6-7H2,1-5H3/q4*+1/i;;17D;. The predicted octanol–water partition coefficient (Wildman–Crippen LogP) is 25.0. The van der Waals surface area contributed by atoms with Crippen LogP contribution in [0.4, 0.5) is 0 Å². The SMILES string of the molecule is CCC(CC)c1cc[n+](C)c(-c2c(C)ccc3c2oc2nc(C(C)C)ccc23)c1.CCC(CC)c1cc[n+](C)c(-c2c(C)ccc3c2oc2nc(C)ccc23)c1.CCc1ccc2c(n1)oc1c(-c3cc(C(CC)CC)cc[n+]3C)c(C)ccc12.[2H]C(CC)(CC)c1cc[n+](C)c(-c2c(C)ccc3c2oc2nc(C)ccc23)c1. The zero-order valence-corrected chi connectivity index (χ0v) is 69.5. The second-order valence-corrected chi connectivity index (χ2v) is 30.9. The largest absolute Gasteiger partial charge is 0.437 e. The van der Waals surface area contributed by atoms with Crippen LogP contribution in [0, 0.1) is 41.5 Å². The fraction of sp³-hybridized carbons (Fsp3) is 0.354. The molecular weight excluding hydrogens is 1370 g/mol. The molecule has 12 heterocycles. The number of fused-ring (bicyclic) bond motifs is 12. The molecule has 12 aromatic heterocycles. The maximum atomic E-state index is 8.87. The highest BCUT2D eigenvalue weighted by molar-refractivity contribution is 6.12. The Kier molecular flexibility index (Phi) is 23.2. The molecule has 0 amide bonds. The maximum Gasteiger partial charge on any atom is 0.227 e. The van der Waals surface area contributed by atoms with Crippen LogP contribution in [0.1, 0.15) is 226 Å². The summed E-state index contributed by atoms with van der Waals surface area (Å²) in [5.74, 6) is 1.56. The Morgan fingerprint density at radius 1 is 0.315 bits per heavy atom. The average molecular weight is 1480 g/mol. The quantitative estimate of drug-likeness (QED) is 0.0779. The summed E-state index contributed by atoms with van der Waals surface area (Å²) in [7, 11) is 8.38. The van der Waals surface area contributed by atoms with Crippen LogP contribution in [-0.2, 0) is 34.6 Å². The van der Waals surface area contributed by atoms with E-state index in [2.05, 4.69) is 311 Å². The van der Waals surface area contributed by atoms with Crippen molar-refractivity contribution in [3.63, 3.8) is 0 Å². The number of benzene rings is 4. The molecule has 0 N–H and O–H groups in total. The van der Waals surface area contributed by atoms with E-state index in [0.29, 0.717) is 29.4 Å². The Balaban J connectivity index is 0.000000131. The third-order valence-electron chi connectivity index (χ3n) is 23.5. The van der Waals surface area contributed by atoms with Gasteiger partial charge >= 0.3 is 0 Å². The average Bonchev–Trinajstić information content (AvgIpc) is 1.59. The molecule has 0 aliphatic heterocycles. The normalized spacial score (nSPS) is 12.1. The molecule has 0 aliphatic carbocycles. The van der Waals surface area contributed by atoms with Crippen LogP contribution >= 0.6 is 0 Å². The first-order chi connectivity index (χ1) is 53.9. The second kappa shape index (κ2) is 33.5. The summed E-state index contributed by atoms with van der Waals surface area (Å²) >= 11 is 0. The fourth-order valence-electron chi connectivity index (χ4n) is 16.5. The van der Waals surface area contributed by atoms with Gasteiger partial charge in [0, 0.05) is 116 Å². The van der Waals surface area contributed by atoms with Crippen LogP contribution in [-0.4, -0.2) is 19.9 Å². The van der Waals surface area contributed by atoms with Crippen LogP contribution in [0.25, 0.3) is 133 Å². The van der Waals surface area contributed by atoms with E-state index in [1.165, 1.54) is 67.2 Å². The summed E-state index contributed by atoms with van der Waals surface area (Å²) in [6, 6.07) is 52.2. The van der Waals surface area contributed by atoms with Crippen molar-refractivity contribution < 1.29 is 37.3 Å². The van der Waals surface area contributed by atoms with Gasteiger partial charge in [-0.15, -0.1) is 0 Å². The topological polar surface area (TPSA) is 120 Å². The Morgan fingerprint density at radius 3 is 0.901 bits per heavy atom. The summed E-state index contributed by atoms with van der Waals surface area (Å²) < 4.78 is 42.9. The molecule has 0 aliphatic rings. The molecule has 0 fully saturated rings. The lowest BCUT2D eigenvalue weighted by Crippen LogP contribution is -2.31. The second-order valence-electron chi connectivity index (χ2n) is 30.9. The van der Waals surface area contributed by atoms with E-state index in [4.69, 9.17) is 29.0 Å². The summed E-state index contributed by atoms with van der Waals surface area (Å²) in [5.41, 5.74) is 29.9. The van der Waals surface area contributed by atoms with E-state index in [9.17, 15) is 0 Å². The van der Waals surface area contributed by atoms with Crippen LogP contribution in [0.5, 0.6) is 0 Å². The molecule has 570 valence electrons. The minimum atomic E-state index is -0.572. The molecule has 0 saturated heterocycles. The summed E-state index contributed by atoms with van der Waals surface area (Å²) in [6.07, 6.45) is 18.0. The number of aryl methyl sites for hydroxylation is 11. The van der Waals surface area contributed by atoms with Gasteiger partial charge in [0.25, 0.3) is 0 Å².